The first-order valence-electron chi connectivity index (χ1n) is 6.00. The van der Waals surface area contributed by atoms with Gasteiger partial charge in [0.25, 0.3) is 0 Å². The first kappa shape index (κ1) is 12.7. The zero-order chi connectivity index (χ0) is 13.6. The first-order chi connectivity index (χ1) is 9.13. The lowest BCUT2D eigenvalue weighted by Gasteiger charge is -2.15. The zero-order valence-corrected chi connectivity index (χ0v) is 11.8. The summed E-state index contributed by atoms with van der Waals surface area (Å²) in [6, 6.07) is 0. The highest BCUT2D eigenvalue weighted by Gasteiger charge is 2.44. The van der Waals surface area contributed by atoms with Crippen LogP contribution in [0.25, 0.3) is 11.2 Å². The first-order valence-corrected chi connectivity index (χ1v) is 6.91. The van der Waals surface area contributed by atoms with Crippen LogP contribution in [0.4, 0.5) is 10.2 Å². The molecule has 1 unspecified atom stereocenters. The summed E-state index contributed by atoms with van der Waals surface area (Å²) in [6.45, 7) is 1.89. The van der Waals surface area contributed by atoms with Crippen LogP contribution in [0.1, 0.15) is 19.6 Å². The minimum atomic E-state index is -1.06. The van der Waals surface area contributed by atoms with Crippen LogP contribution in [0.5, 0.6) is 0 Å². The number of hydrogen-bond donors (Lipinski definition) is 1. The number of ether oxygens (including phenoxy) is 1. The van der Waals surface area contributed by atoms with Crippen LogP contribution < -0.4 is 5.73 Å². The molecule has 2 N–H and O–H groups in total. The van der Waals surface area contributed by atoms with Gasteiger partial charge in [-0.05, 0) is 6.42 Å². The Labute approximate surface area is 117 Å². The van der Waals surface area contributed by atoms with Crippen molar-refractivity contribution in [2.24, 2.45) is 0 Å². The van der Waals surface area contributed by atoms with Crippen molar-refractivity contribution in [3.05, 3.63) is 12.7 Å². The molecule has 1 saturated heterocycles. The Balaban J connectivity index is 2.04. The fraction of sp³-hybridized carbons (Fsp3) is 0.545. The number of rotatable bonds is 2. The summed E-state index contributed by atoms with van der Waals surface area (Å²) in [6.07, 6.45) is 1.55. The molecular formula is C11H13BrFN5O. The van der Waals surface area contributed by atoms with Gasteiger partial charge in [-0.25, -0.2) is 19.3 Å². The normalized spacial score (nSPS) is 31.1. The summed E-state index contributed by atoms with van der Waals surface area (Å²) in [5, 5.41) is 0. The quantitative estimate of drug-likeness (QED) is 0.850. The number of alkyl halides is 2. The molecule has 0 saturated carbocycles. The molecule has 1 aliphatic heterocycles. The molecule has 0 bridgehead atoms. The predicted octanol–water partition coefficient (Wildman–Crippen LogP) is 1.82. The van der Waals surface area contributed by atoms with Gasteiger partial charge in [0.1, 0.15) is 18.0 Å². The van der Waals surface area contributed by atoms with Crippen molar-refractivity contribution in [2.45, 2.75) is 36.7 Å². The van der Waals surface area contributed by atoms with Crippen molar-refractivity contribution in [3.8, 4) is 0 Å². The van der Waals surface area contributed by atoms with Crippen LogP contribution in [0.2, 0.25) is 0 Å². The summed E-state index contributed by atoms with van der Waals surface area (Å²) in [5.74, 6) is 0.303. The minimum absolute atomic E-state index is 0.303. The zero-order valence-electron chi connectivity index (χ0n) is 10.2. The molecule has 6 nitrogen and oxygen atoms in total. The fourth-order valence-corrected chi connectivity index (χ4v) is 3.01. The summed E-state index contributed by atoms with van der Waals surface area (Å²) in [7, 11) is 0. The molecule has 0 radical (unpaired) electrons. The molecular weight excluding hydrogens is 317 g/mol. The largest absolute Gasteiger partial charge is 0.382 e. The smallest absolute Gasteiger partial charge is 0.167 e. The molecule has 1 aliphatic rings. The van der Waals surface area contributed by atoms with Gasteiger partial charge in [0.2, 0.25) is 0 Å². The number of imidazole rings is 1. The molecule has 2 aromatic rings. The number of anilines is 1. The van der Waals surface area contributed by atoms with Crippen LogP contribution in [-0.2, 0) is 4.74 Å². The maximum absolute atomic E-state index is 14.0. The minimum Gasteiger partial charge on any atom is -0.382 e. The van der Waals surface area contributed by atoms with E-state index in [0.29, 0.717) is 23.4 Å². The van der Waals surface area contributed by atoms with E-state index in [0.717, 1.165) is 0 Å². The van der Waals surface area contributed by atoms with Gasteiger partial charge in [-0.15, -0.1) is 0 Å². The lowest BCUT2D eigenvalue weighted by molar-refractivity contribution is -0.00639. The third-order valence-corrected chi connectivity index (χ3v) is 4.27. The summed E-state index contributed by atoms with van der Waals surface area (Å²) in [4.78, 5) is 11.7. The number of nitrogens with two attached hydrogens (primary N) is 1. The van der Waals surface area contributed by atoms with E-state index in [9.17, 15) is 4.39 Å². The lowest BCUT2D eigenvalue weighted by atomic mass is 10.1. The molecule has 102 valence electrons. The van der Waals surface area contributed by atoms with Crippen molar-refractivity contribution in [2.75, 3.05) is 5.73 Å². The number of aromatic nitrogens is 4. The lowest BCUT2D eigenvalue weighted by Crippen LogP contribution is -2.22. The van der Waals surface area contributed by atoms with Crippen LogP contribution in [0.3, 0.4) is 0 Å². The SMILES string of the molecule is CC[C@H]1O[C@@H](n2cnc3c(N)ncnc32)[C@H](Br)C1F. The van der Waals surface area contributed by atoms with Gasteiger partial charge in [-0.3, -0.25) is 4.57 Å². The third kappa shape index (κ3) is 1.90. The molecule has 0 aliphatic carbocycles. The van der Waals surface area contributed by atoms with Gasteiger partial charge in [0.05, 0.1) is 17.3 Å². The second kappa shape index (κ2) is 4.68. The highest BCUT2D eigenvalue weighted by Crippen LogP contribution is 2.38. The van der Waals surface area contributed by atoms with Gasteiger partial charge >= 0.3 is 0 Å². The van der Waals surface area contributed by atoms with Crippen molar-refractivity contribution in [1.82, 2.24) is 19.5 Å². The van der Waals surface area contributed by atoms with E-state index in [1.807, 2.05) is 6.92 Å². The van der Waals surface area contributed by atoms with Gasteiger partial charge in [-0.1, -0.05) is 22.9 Å². The van der Waals surface area contributed by atoms with Gasteiger partial charge in [-0.2, -0.15) is 0 Å². The molecule has 4 atom stereocenters. The Morgan fingerprint density at radius 1 is 1.47 bits per heavy atom. The van der Waals surface area contributed by atoms with Crippen molar-refractivity contribution >= 4 is 32.9 Å². The number of halogens is 2. The van der Waals surface area contributed by atoms with E-state index in [-0.39, 0.29) is 0 Å². The average Bonchev–Trinajstić information content (AvgIpc) is 2.94. The molecule has 0 amide bonds. The monoisotopic (exact) mass is 329 g/mol. The van der Waals surface area contributed by atoms with E-state index in [1.54, 1.807) is 10.9 Å². The molecule has 8 heteroatoms. The van der Waals surface area contributed by atoms with Crippen molar-refractivity contribution in [1.29, 1.82) is 0 Å². The number of nitrogens with zero attached hydrogens (tertiary/aromatic N) is 4. The molecule has 1 fully saturated rings. The van der Waals surface area contributed by atoms with E-state index < -0.39 is 23.3 Å². The Kier molecular flexibility index (Phi) is 3.14. The third-order valence-electron chi connectivity index (χ3n) is 3.31. The highest BCUT2D eigenvalue weighted by atomic mass is 79.9. The summed E-state index contributed by atoms with van der Waals surface area (Å²) in [5.41, 5.74) is 6.78. The maximum atomic E-state index is 14.0. The van der Waals surface area contributed by atoms with Gasteiger partial charge in [0.15, 0.2) is 17.7 Å². The van der Waals surface area contributed by atoms with Gasteiger partial charge in [0, 0.05) is 0 Å². The Hall–Kier alpha value is -1.28. The highest BCUT2D eigenvalue weighted by molar-refractivity contribution is 9.09. The molecule has 19 heavy (non-hydrogen) atoms. The standard InChI is InChI=1S/C11H13BrFN5O/c1-2-5-7(13)6(12)11(19-5)18-4-17-8-9(14)15-3-16-10(8)18/h3-7,11H,2H2,1H3,(H2,14,15,16)/t5-,6-,7?,11-/m1/s1. The summed E-state index contributed by atoms with van der Waals surface area (Å²) >= 11 is 3.35. The Morgan fingerprint density at radius 3 is 2.95 bits per heavy atom. The Bertz CT molecular complexity index is 606. The van der Waals surface area contributed by atoms with E-state index in [2.05, 4.69) is 30.9 Å². The fourth-order valence-electron chi connectivity index (χ4n) is 2.29. The maximum Gasteiger partial charge on any atom is 0.167 e. The van der Waals surface area contributed by atoms with Crippen LogP contribution in [0.15, 0.2) is 12.7 Å². The molecule has 0 aromatic carbocycles. The number of nitrogen functional groups attached to an aromatic ring is 1. The Morgan fingerprint density at radius 2 is 2.26 bits per heavy atom. The average molecular weight is 330 g/mol. The van der Waals surface area contributed by atoms with Crippen LogP contribution in [-0.4, -0.2) is 36.6 Å². The van der Waals surface area contributed by atoms with E-state index in [1.165, 1.54) is 6.33 Å². The number of hydrogen-bond acceptors (Lipinski definition) is 5. The van der Waals surface area contributed by atoms with Crippen molar-refractivity contribution < 1.29 is 9.13 Å². The molecule has 2 aromatic heterocycles. The van der Waals surface area contributed by atoms with Crippen molar-refractivity contribution in [3.63, 3.8) is 0 Å². The molecule has 3 heterocycles. The molecule has 0 spiro atoms. The molecule has 3 rings (SSSR count). The second-order valence-electron chi connectivity index (χ2n) is 4.45. The second-order valence-corrected chi connectivity index (χ2v) is 5.50. The van der Waals surface area contributed by atoms with Crippen LogP contribution in [0, 0.1) is 0 Å². The topological polar surface area (TPSA) is 78.9 Å². The summed E-state index contributed by atoms with van der Waals surface area (Å²) < 4.78 is 21.5. The van der Waals surface area contributed by atoms with Crippen LogP contribution >= 0.6 is 15.9 Å². The van der Waals surface area contributed by atoms with E-state index >= 15 is 0 Å². The van der Waals surface area contributed by atoms with E-state index in [4.69, 9.17) is 10.5 Å². The predicted molar refractivity (Wildman–Crippen MR) is 71.5 cm³/mol. The van der Waals surface area contributed by atoms with Gasteiger partial charge < -0.3 is 10.5 Å². The number of fused-ring (bicyclic) bond motifs is 1.